The summed E-state index contributed by atoms with van der Waals surface area (Å²) in [6.45, 7) is 2.13. The molecule has 0 bridgehead atoms. The third-order valence-corrected chi connectivity index (χ3v) is 3.10. The van der Waals surface area contributed by atoms with Crippen LogP contribution in [0, 0.1) is 11.3 Å². The van der Waals surface area contributed by atoms with Crippen LogP contribution in [0.5, 0.6) is 0 Å². The van der Waals surface area contributed by atoms with Crippen molar-refractivity contribution < 1.29 is 9.53 Å². The highest BCUT2D eigenvalue weighted by Gasteiger charge is 2.17. The highest BCUT2D eigenvalue weighted by Crippen LogP contribution is 2.20. The first kappa shape index (κ1) is 13.8. The number of ether oxygens (including phenoxy) is 1. The summed E-state index contributed by atoms with van der Waals surface area (Å²) in [5.74, 6) is -0.130. The van der Waals surface area contributed by atoms with Crippen LogP contribution in [0.25, 0.3) is 0 Å². The quantitative estimate of drug-likeness (QED) is 0.880. The molecule has 2 N–H and O–H groups in total. The van der Waals surface area contributed by atoms with Gasteiger partial charge in [-0.25, -0.2) is 0 Å². The predicted molar refractivity (Wildman–Crippen MR) is 72.0 cm³/mol. The number of amides is 1. The van der Waals surface area contributed by atoms with Gasteiger partial charge in [0.15, 0.2) is 0 Å². The van der Waals surface area contributed by atoms with Gasteiger partial charge >= 0.3 is 0 Å². The van der Waals surface area contributed by atoms with E-state index in [0.717, 1.165) is 6.54 Å². The van der Waals surface area contributed by atoms with E-state index in [4.69, 9.17) is 21.6 Å². The number of morpholine rings is 1. The Bertz CT molecular complexity index is 507. The Morgan fingerprint density at radius 3 is 3.11 bits per heavy atom. The van der Waals surface area contributed by atoms with Crippen molar-refractivity contribution in [3.63, 3.8) is 0 Å². The number of benzene rings is 1. The van der Waals surface area contributed by atoms with Crippen LogP contribution in [-0.2, 0) is 9.53 Å². The van der Waals surface area contributed by atoms with E-state index < -0.39 is 0 Å². The number of nitriles is 1. The van der Waals surface area contributed by atoms with Crippen molar-refractivity contribution in [2.24, 2.45) is 0 Å². The number of nitrogens with one attached hydrogen (secondary N) is 2. The van der Waals surface area contributed by atoms with E-state index >= 15 is 0 Å². The van der Waals surface area contributed by atoms with Crippen LogP contribution < -0.4 is 10.6 Å². The average Bonchev–Trinajstić information content (AvgIpc) is 2.40. The van der Waals surface area contributed by atoms with Gasteiger partial charge in [-0.1, -0.05) is 11.6 Å². The fraction of sp³-hybridized carbons (Fsp3) is 0.385. The van der Waals surface area contributed by atoms with Crippen LogP contribution in [0.1, 0.15) is 12.0 Å². The Labute approximate surface area is 116 Å². The molecular formula is C13H14ClN3O2. The normalized spacial score (nSPS) is 18.6. The third-order valence-electron chi connectivity index (χ3n) is 2.79. The van der Waals surface area contributed by atoms with Gasteiger partial charge in [0.1, 0.15) is 6.07 Å². The molecule has 1 heterocycles. The van der Waals surface area contributed by atoms with Crippen LogP contribution in [0.15, 0.2) is 18.2 Å². The van der Waals surface area contributed by atoms with Gasteiger partial charge < -0.3 is 15.4 Å². The molecule has 0 aliphatic carbocycles. The van der Waals surface area contributed by atoms with Gasteiger partial charge in [0, 0.05) is 18.8 Å². The number of rotatable bonds is 3. The third kappa shape index (κ3) is 3.93. The fourth-order valence-electron chi connectivity index (χ4n) is 1.85. The van der Waals surface area contributed by atoms with Crippen LogP contribution in [0.4, 0.5) is 5.69 Å². The van der Waals surface area contributed by atoms with E-state index in [9.17, 15) is 4.79 Å². The zero-order chi connectivity index (χ0) is 13.7. The minimum absolute atomic E-state index is 0.0948. The number of halogens is 1. The molecule has 1 aliphatic rings. The summed E-state index contributed by atoms with van der Waals surface area (Å²) in [4.78, 5) is 11.8. The molecule has 2 rings (SSSR count). The number of nitrogens with zero attached hydrogens (tertiary/aromatic N) is 1. The van der Waals surface area contributed by atoms with E-state index in [1.807, 2.05) is 6.07 Å². The first-order valence-electron chi connectivity index (χ1n) is 6.01. The second-order valence-electron chi connectivity index (χ2n) is 4.26. The lowest BCUT2D eigenvalue weighted by molar-refractivity contribution is -0.119. The average molecular weight is 280 g/mol. The fourth-order valence-corrected chi connectivity index (χ4v) is 2.08. The molecule has 19 heavy (non-hydrogen) atoms. The monoisotopic (exact) mass is 279 g/mol. The van der Waals surface area contributed by atoms with Crippen molar-refractivity contribution in [1.82, 2.24) is 5.32 Å². The Hall–Kier alpha value is -1.61. The Morgan fingerprint density at radius 1 is 1.63 bits per heavy atom. The summed E-state index contributed by atoms with van der Waals surface area (Å²) >= 11 is 5.90. The minimum atomic E-state index is -0.130. The Balaban J connectivity index is 1.91. The largest absolute Gasteiger partial charge is 0.375 e. The van der Waals surface area contributed by atoms with Gasteiger partial charge in [0.25, 0.3) is 0 Å². The van der Waals surface area contributed by atoms with Crippen LogP contribution in [0.3, 0.4) is 0 Å². The zero-order valence-corrected chi connectivity index (χ0v) is 11.0. The first-order valence-corrected chi connectivity index (χ1v) is 6.38. The lowest BCUT2D eigenvalue weighted by atomic mass is 10.2. The number of hydrogen-bond donors (Lipinski definition) is 2. The van der Waals surface area contributed by atoms with Crippen LogP contribution in [-0.4, -0.2) is 31.7 Å². The summed E-state index contributed by atoms with van der Waals surface area (Å²) in [7, 11) is 0. The Morgan fingerprint density at radius 2 is 2.47 bits per heavy atom. The van der Waals surface area contributed by atoms with Crippen molar-refractivity contribution in [2.45, 2.75) is 12.5 Å². The standard InChI is InChI=1S/C13H14ClN3O2/c14-12-5-10(2-1-9(12)7-15)17-13(18)6-11-8-16-3-4-19-11/h1-2,5,11,16H,3-4,6,8H2,(H,17,18). The maximum absolute atomic E-state index is 11.8. The van der Waals surface area contributed by atoms with Crippen molar-refractivity contribution in [1.29, 1.82) is 5.26 Å². The summed E-state index contributed by atoms with van der Waals surface area (Å²) in [6, 6.07) is 6.77. The summed E-state index contributed by atoms with van der Waals surface area (Å²) in [6.07, 6.45) is 0.201. The maximum atomic E-state index is 11.8. The molecule has 1 aromatic carbocycles. The Kier molecular flexibility index (Phi) is 4.74. The summed E-state index contributed by atoms with van der Waals surface area (Å²) in [5.41, 5.74) is 0.970. The highest BCUT2D eigenvalue weighted by atomic mass is 35.5. The summed E-state index contributed by atoms with van der Waals surface area (Å²) < 4.78 is 5.45. The van der Waals surface area contributed by atoms with Crippen molar-refractivity contribution in [3.8, 4) is 6.07 Å². The van der Waals surface area contributed by atoms with Gasteiger partial charge in [-0.05, 0) is 18.2 Å². The van der Waals surface area contributed by atoms with Crippen molar-refractivity contribution in [3.05, 3.63) is 28.8 Å². The SMILES string of the molecule is N#Cc1ccc(NC(=O)CC2CNCCO2)cc1Cl. The minimum Gasteiger partial charge on any atom is -0.375 e. The molecule has 0 aromatic heterocycles. The van der Waals surface area contributed by atoms with Crippen molar-refractivity contribution in [2.75, 3.05) is 25.0 Å². The van der Waals surface area contributed by atoms with E-state index in [1.165, 1.54) is 0 Å². The zero-order valence-electron chi connectivity index (χ0n) is 10.3. The van der Waals surface area contributed by atoms with Crippen molar-refractivity contribution >= 4 is 23.2 Å². The number of carbonyl (C=O) groups excluding carboxylic acids is 1. The molecule has 1 aliphatic heterocycles. The van der Waals surface area contributed by atoms with E-state index in [2.05, 4.69) is 10.6 Å². The van der Waals surface area contributed by atoms with Gasteiger partial charge in [0.05, 0.1) is 29.7 Å². The topological polar surface area (TPSA) is 74.2 Å². The first-order chi connectivity index (χ1) is 9.19. The summed E-state index contributed by atoms with van der Waals surface area (Å²) in [5, 5.41) is 15.0. The van der Waals surface area contributed by atoms with E-state index in [1.54, 1.807) is 18.2 Å². The lowest BCUT2D eigenvalue weighted by Gasteiger charge is -2.23. The molecular weight excluding hydrogens is 266 g/mol. The van der Waals surface area contributed by atoms with E-state index in [0.29, 0.717) is 35.8 Å². The predicted octanol–water partition coefficient (Wildman–Crippen LogP) is 1.53. The smallest absolute Gasteiger partial charge is 0.227 e. The highest BCUT2D eigenvalue weighted by molar-refractivity contribution is 6.32. The number of hydrogen-bond acceptors (Lipinski definition) is 4. The molecule has 0 saturated carbocycles. The van der Waals surface area contributed by atoms with Crippen LogP contribution in [0.2, 0.25) is 5.02 Å². The van der Waals surface area contributed by atoms with Gasteiger partial charge in [-0.3, -0.25) is 4.79 Å². The molecule has 1 fully saturated rings. The number of carbonyl (C=O) groups is 1. The molecule has 1 saturated heterocycles. The second-order valence-corrected chi connectivity index (χ2v) is 4.66. The molecule has 1 aromatic rings. The molecule has 1 unspecified atom stereocenters. The van der Waals surface area contributed by atoms with E-state index in [-0.39, 0.29) is 12.0 Å². The molecule has 100 valence electrons. The molecule has 0 radical (unpaired) electrons. The van der Waals surface area contributed by atoms with Gasteiger partial charge in [-0.15, -0.1) is 0 Å². The van der Waals surface area contributed by atoms with Crippen LogP contribution >= 0.6 is 11.6 Å². The molecule has 1 amide bonds. The van der Waals surface area contributed by atoms with Gasteiger partial charge in [0.2, 0.25) is 5.91 Å². The molecule has 1 atom stereocenters. The number of anilines is 1. The van der Waals surface area contributed by atoms with Gasteiger partial charge in [-0.2, -0.15) is 5.26 Å². The molecule has 0 spiro atoms. The molecule has 5 nitrogen and oxygen atoms in total. The molecule has 6 heteroatoms. The second kappa shape index (κ2) is 6.53. The lowest BCUT2D eigenvalue weighted by Crippen LogP contribution is -2.40. The maximum Gasteiger partial charge on any atom is 0.227 e.